The molecule has 2 aromatic rings. The molecule has 1 heterocycles. The molecule has 2 N–H and O–H groups in total. The quantitative estimate of drug-likeness (QED) is 0.571. The number of amides is 2. The fraction of sp³-hybridized carbons (Fsp3) is 0.250. The Kier molecular flexibility index (Phi) is 7.57. The first-order valence-corrected chi connectivity index (χ1v) is 11.1. The van der Waals surface area contributed by atoms with E-state index in [0.717, 1.165) is 10.2 Å². The molecule has 2 aromatic carbocycles. The zero-order chi connectivity index (χ0) is 21.8. The molecule has 6 nitrogen and oxygen atoms in total. The van der Waals surface area contributed by atoms with Gasteiger partial charge in [0.05, 0.1) is 21.3 Å². The zero-order valence-electron chi connectivity index (χ0n) is 16.0. The van der Waals surface area contributed by atoms with Gasteiger partial charge in [-0.3, -0.25) is 14.9 Å². The molecule has 0 saturated carbocycles. The minimum absolute atomic E-state index is 0.0833. The highest BCUT2D eigenvalue weighted by atomic mass is 79.9. The Labute approximate surface area is 198 Å². The van der Waals surface area contributed by atoms with Gasteiger partial charge in [-0.2, -0.15) is 0 Å². The number of thiocarbonyl (C=S) groups is 1. The van der Waals surface area contributed by atoms with Gasteiger partial charge in [-0.15, -0.1) is 0 Å². The number of carbonyl (C=O) groups is 2. The lowest BCUT2D eigenvalue weighted by Gasteiger charge is -2.36. The van der Waals surface area contributed by atoms with Crippen LogP contribution in [0.25, 0.3) is 0 Å². The van der Waals surface area contributed by atoms with Crippen LogP contribution in [0.1, 0.15) is 17.3 Å². The number of hydrogen-bond acceptors (Lipinski definition) is 4. The number of carbonyl (C=O) groups excluding carboxylic acids is 2. The third-order valence-electron chi connectivity index (χ3n) is 4.67. The maximum atomic E-state index is 12.4. The number of nitrogens with one attached hydrogen (secondary N) is 2. The maximum Gasteiger partial charge on any atom is 0.258 e. The van der Waals surface area contributed by atoms with Crippen LogP contribution >= 0.6 is 51.3 Å². The first-order chi connectivity index (χ1) is 14.2. The van der Waals surface area contributed by atoms with Crippen LogP contribution in [0.2, 0.25) is 10.0 Å². The Morgan fingerprint density at radius 3 is 2.37 bits per heavy atom. The average Bonchev–Trinajstić information content (AvgIpc) is 2.70. The van der Waals surface area contributed by atoms with Gasteiger partial charge in [-0.1, -0.05) is 39.1 Å². The van der Waals surface area contributed by atoms with Crippen molar-refractivity contribution >= 4 is 79.7 Å². The zero-order valence-corrected chi connectivity index (χ0v) is 20.0. The van der Waals surface area contributed by atoms with Crippen LogP contribution in [0.4, 0.5) is 11.4 Å². The van der Waals surface area contributed by atoms with Gasteiger partial charge in [-0.05, 0) is 48.6 Å². The molecule has 0 unspecified atom stereocenters. The molecule has 0 atom stereocenters. The number of rotatable bonds is 3. The summed E-state index contributed by atoms with van der Waals surface area (Å²) in [4.78, 5) is 27.9. The number of hydrogen-bond donors (Lipinski definition) is 2. The molecule has 10 heteroatoms. The van der Waals surface area contributed by atoms with E-state index in [-0.39, 0.29) is 11.0 Å². The highest BCUT2D eigenvalue weighted by molar-refractivity contribution is 9.10. The first-order valence-electron chi connectivity index (χ1n) is 9.12. The van der Waals surface area contributed by atoms with Crippen molar-refractivity contribution in [3.63, 3.8) is 0 Å². The lowest BCUT2D eigenvalue weighted by Crippen LogP contribution is -2.48. The second-order valence-electron chi connectivity index (χ2n) is 6.69. The number of piperazine rings is 1. The van der Waals surface area contributed by atoms with E-state index in [0.29, 0.717) is 47.5 Å². The van der Waals surface area contributed by atoms with Crippen LogP contribution in [0.5, 0.6) is 0 Å². The number of benzene rings is 2. The van der Waals surface area contributed by atoms with Crippen LogP contribution in [-0.2, 0) is 4.79 Å². The van der Waals surface area contributed by atoms with Gasteiger partial charge in [0, 0.05) is 43.3 Å². The van der Waals surface area contributed by atoms with Crippen molar-refractivity contribution in [3.8, 4) is 0 Å². The number of nitrogens with zero attached hydrogens (tertiary/aromatic N) is 2. The Hall–Kier alpha value is -1.87. The maximum absolute atomic E-state index is 12.4. The van der Waals surface area contributed by atoms with E-state index in [9.17, 15) is 9.59 Å². The Balaban J connectivity index is 1.61. The van der Waals surface area contributed by atoms with Crippen LogP contribution < -0.4 is 15.5 Å². The smallest absolute Gasteiger partial charge is 0.258 e. The SMILES string of the molecule is CC(=O)N1CCN(c2ccc(NC(=S)NC(=O)c3cc(Br)ccc3Cl)cc2Cl)CC1. The molecule has 0 spiro atoms. The second-order valence-corrected chi connectivity index (χ2v) is 8.83. The molecule has 1 fully saturated rings. The summed E-state index contributed by atoms with van der Waals surface area (Å²) in [5.41, 5.74) is 1.85. The van der Waals surface area contributed by atoms with Crippen LogP contribution in [-0.4, -0.2) is 48.0 Å². The summed E-state index contributed by atoms with van der Waals surface area (Å²) >= 11 is 21.1. The van der Waals surface area contributed by atoms with Crippen molar-refractivity contribution in [2.75, 3.05) is 36.4 Å². The van der Waals surface area contributed by atoms with Crippen LogP contribution in [0, 0.1) is 0 Å². The largest absolute Gasteiger partial charge is 0.367 e. The van der Waals surface area contributed by atoms with Gasteiger partial charge >= 0.3 is 0 Å². The molecule has 0 aliphatic carbocycles. The van der Waals surface area contributed by atoms with Crippen molar-refractivity contribution < 1.29 is 9.59 Å². The van der Waals surface area contributed by atoms with E-state index in [1.807, 2.05) is 17.0 Å². The topological polar surface area (TPSA) is 64.7 Å². The molecular formula is C20H19BrCl2N4O2S. The first kappa shape index (κ1) is 22.8. The summed E-state index contributed by atoms with van der Waals surface area (Å²) in [6.45, 7) is 4.34. The lowest BCUT2D eigenvalue weighted by molar-refractivity contribution is -0.129. The van der Waals surface area contributed by atoms with Gasteiger partial charge < -0.3 is 15.1 Å². The monoisotopic (exact) mass is 528 g/mol. The highest BCUT2D eigenvalue weighted by Gasteiger charge is 2.20. The summed E-state index contributed by atoms with van der Waals surface area (Å²) in [5.74, 6) is -0.329. The number of anilines is 2. The summed E-state index contributed by atoms with van der Waals surface area (Å²) < 4.78 is 0.738. The van der Waals surface area contributed by atoms with E-state index in [1.165, 1.54) is 0 Å². The van der Waals surface area contributed by atoms with E-state index < -0.39 is 5.91 Å². The average molecular weight is 530 g/mol. The predicted molar refractivity (Wildman–Crippen MR) is 129 cm³/mol. The van der Waals surface area contributed by atoms with E-state index in [4.69, 9.17) is 35.4 Å². The van der Waals surface area contributed by atoms with Crippen molar-refractivity contribution in [2.45, 2.75) is 6.92 Å². The molecule has 2 amide bonds. The Bertz CT molecular complexity index is 997. The molecule has 0 aromatic heterocycles. The summed E-state index contributed by atoms with van der Waals surface area (Å²) in [7, 11) is 0. The molecule has 3 rings (SSSR count). The van der Waals surface area contributed by atoms with Gasteiger partial charge in [0.2, 0.25) is 5.91 Å². The molecule has 1 aliphatic heterocycles. The molecule has 1 aliphatic rings. The van der Waals surface area contributed by atoms with Crippen molar-refractivity contribution in [1.82, 2.24) is 10.2 Å². The van der Waals surface area contributed by atoms with E-state index in [2.05, 4.69) is 31.5 Å². The van der Waals surface area contributed by atoms with Crippen molar-refractivity contribution in [1.29, 1.82) is 0 Å². The van der Waals surface area contributed by atoms with E-state index in [1.54, 1.807) is 31.2 Å². The summed E-state index contributed by atoms with van der Waals surface area (Å²) in [5, 5.41) is 6.59. The van der Waals surface area contributed by atoms with Crippen molar-refractivity contribution in [3.05, 3.63) is 56.5 Å². The van der Waals surface area contributed by atoms with Gasteiger partial charge in [0.25, 0.3) is 5.91 Å². The number of halogens is 3. The normalized spacial score (nSPS) is 13.7. The molecular weight excluding hydrogens is 511 g/mol. The third-order valence-corrected chi connectivity index (χ3v) is 6.00. The lowest BCUT2D eigenvalue weighted by atomic mass is 10.2. The van der Waals surface area contributed by atoms with Gasteiger partial charge in [-0.25, -0.2) is 0 Å². The fourth-order valence-electron chi connectivity index (χ4n) is 3.11. The van der Waals surface area contributed by atoms with Crippen LogP contribution in [0.3, 0.4) is 0 Å². The second kappa shape index (κ2) is 9.96. The molecule has 1 saturated heterocycles. The predicted octanol–water partition coefficient (Wildman–Crippen LogP) is 4.55. The fourth-order valence-corrected chi connectivity index (χ4v) is 4.18. The van der Waals surface area contributed by atoms with Crippen LogP contribution in [0.15, 0.2) is 40.9 Å². The molecule has 0 radical (unpaired) electrons. The third kappa shape index (κ3) is 5.63. The Morgan fingerprint density at radius 1 is 1.03 bits per heavy atom. The van der Waals surface area contributed by atoms with E-state index >= 15 is 0 Å². The molecule has 158 valence electrons. The minimum Gasteiger partial charge on any atom is -0.367 e. The molecule has 30 heavy (non-hydrogen) atoms. The standard InChI is InChI=1S/C20H19BrCl2N4O2S/c1-12(28)26-6-8-27(9-7-26)18-5-3-14(11-17(18)23)24-20(30)25-19(29)15-10-13(21)2-4-16(15)22/h2-5,10-11H,6-9H2,1H3,(H2,24,25,29,30). The minimum atomic E-state index is -0.412. The summed E-state index contributed by atoms with van der Waals surface area (Å²) in [6, 6.07) is 10.5. The van der Waals surface area contributed by atoms with Gasteiger partial charge in [0.15, 0.2) is 5.11 Å². The summed E-state index contributed by atoms with van der Waals surface area (Å²) in [6.07, 6.45) is 0. The molecule has 0 bridgehead atoms. The van der Waals surface area contributed by atoms with Crippen molar-refractivity contribution in [2.24, 2.45) is 0 Å². The Morgan fingerprint density at radius 2 is 1.73 bits per heavy atom. The van der Waals surface area contributed by atoms with Gasteiger partial charge in [0.1, 0.15) is 0 Å². The highest BCUT2D eigenvalue weighted by Crippen LogP contribution is 2.29.